The van der Waals surface area contributed by atoms with E-state index in [1.54, 1.807) is 0 Å². The molecular formula is C8H18N2S. The van der Waals surface area contributed by atoms with Crippen LogP contribution in [0, 0.1) is 0 Å². The van der Waals surface area contributed by atoms with Crippen LogP contribution in [-0.2, 0) is 0 Å². The molecule has 0 aliphatic carbocycles. The van der Waals surface area contributed by atoms with Gasteiger partial charge in [0.2, 0.25) is 0 Å². The topological polar surface area (TPSA) is 24.1 Å². The first-order valence-electron chi connectivity index (χ1n) is 4.49. The molecule has 2 fully saturated rings. The van der Waals surface area contributed by atoms with Crippen LogP contribution in [0.15, 0.2) is 0 Å². The summed E-state index contributed by atoms with van der Waals surface area (Å²) >= 11 is 1.96. The smallest absolute Gasteiger partial charge is 0.0418 e. The molecule has 0 bridgehead atoms. The molecule has 0 aromatic heterocycles. The maximum Gasteiger partial charge on any atom is 0.0418 e. The average molecular weight is 174 g/mol. The molecule has 11 heavy (non-hydrogen) atoms. The van der Waals surface area contributed by atoms with E-state index >= 15 is 0 Å². The van der Waals surface area contributed by atoms with Gasteiger partial charge in [-0.25, -0.2) is 0 Å². The van der Waals surface area contributed by atoms with Gasteiger partial charge in [0.15, 0.2) is 0 Å². The lowest BCUT2D eigenvalue weighted by molar-refractivity contribution is 0.520. The molecule has 0 unspecified atom stereocenters. The van der Waals surface area contributed by atoms with Gasteiger partial charge in [-0.1, -0.05) is 6.42 Å². The Kier molecular flexibility index (Phi) is 5.91. The summed E-state index contributed by atoms with van der Waals surface area (Å²) in [5.74, 6) is 2.47. The molecule has 2 rings (SSSR count). The lowest BCUT2D eigenvalue weighted by atomic mass is 10.2. The highest BCUT2D eigenvalue weighted by atomic mass is 32.2. The van der Waals surface area contributed by atoms with Crippen molar-refractivity contribution in [1.82, 2.24) is 10.6 Å². The van der Waals surface area contributed by atoms with Gasteiger partial charge >= 0.3 is 0 Å². The first-order chi connectivity index (χ1) is 5.50. The number of piperidine rings is 1. The third kappa shape index (κ3) is 5.53. The summed E-state index contributed by atoms with van der Waals surface area (Å²) in [4.78, 5) is 0. The summed E-state index contributed by atoms with van der Waals surface area (Å²) in [5.41, 5.74) is 0. The quantitative estimate of drug-likeness (QED) is 0.574. The second-order valence-electron chi connectivity index (χ2n) is 2.86. The summed E-state index contributed by atoms with van der Waals surface area (Å²) in [6.07, 6.45) is 4.22. The molecule has 2 nitrogen and oxygen atoms in total. The Bertz CT molecular complexity index is 61.0. The zero-order chi connectivity index (χ0) is 7.78. The fraction of sp³-hybridized carbons (Fsp3) is 1.00. The van der Waals surface area contributed by atoms with E-state index in [1.165, 1.54) is 50.5 Å². The molecule has 0 saturated carbocycles. The standard InChI is InChI=1S/C5H11N.C3H7NS/c1-2-4-6-5-3-1;1-2-5-3-4-1/h6H,1-5H2;4H,1-3H2. The molecule has 0 amide bonds. The molecule has 0 atom stereocenters. The number of hydrogen-bond acceptors (Lipinski definition) is 3. The number of thioether (sulfide) groups is 1. The third-order valence-electron chi connectivity index (χ3n) is 1.83. The van der Waals surface area contributed by atoms with E-state index in [9.17, 15) is 0 Å². The van der Waals surface area contributed by atoms with Crippen molar-refractivity contribution in [2.75, 3.05) is 31.3 Å². The summed E-state index contributed by atoms with van der Waals surface area (Å²) in [5, 5.41) is 6.47. The van der Waals surface area contributed by atoms with Gasteiger partial charge in [0, 0.05) is 18.2 Å². The molecular weight excluding hydrogens is 156 g/mol. The van der Waals surface area contributed by atoms with Crippen LogP contribution in [0.3, 0.4) is 0 Å². The largest absolute Gasteiger partial charge is 0.317 e. The minimum Gasteiger partial charge on any atom is -0.317 e. The van der Waals surface area contributed by atoms with Crippen molar-refractivity contribution in [3.05, 3.63) is 0 Å². The Balaban J connectivity index is 0.000000112. The van der Waals surface area contributed by atoms with E-state index in [2.05, 4.69) is 10.6 Å². The van der Waals surface area contributed by atoms with Gasteiger partial charge in [0.25, 0.3) is 0 Å². The van der Waals surface area contributed by atoms with Gasteiger partial charge in [-0.05, 0) is 25.9 Å². The molecule has 0 aromatic carbocycles. The summed E-state index contributed by atoms with van der Waals surface area (Å²) < 4.78 is 0. The molecule has 2 aliphatic rings. The van der Waals surface area contributed by atoms with E-state index in [4.69, 9.17) is 0 Å². The highest BCUT2D eigenvalue weighted by molar-refractivity contribution is 7.99. The first-order valence-corrected chi connectivity index (χ1v) is 5.65. The van der Waals surface area contributed by atoms with E-state index < -0.39 is 0 Å². The van der Waals surface area contributed by atoms with Crippen LogP contribution in [0.2, 0.25) is 0 Å². The van der Waals surface area contributed by atoms with E-state index in [-0.39, 0.29) is 0 Å². The Morgan fingerprint density at radius 3 is 1.82 bits per heavy atom. The van der Waals surface area contributed by atoms with Crippen molar-refractivity contribution < 1.29 is 0 Å². The van der Waals surface area contributed by atoms with Gasteiger partial charge in [0.1, 0.15) is 0 Å². The van der Waals surface area contributed by atoms with E-state index in [0.717, 1.165) is 0 Å². The van der Waals surface area contributed by atoms with Crippen LogP contribution in [-0.4, -0.2) is 31.3 Å². The maximum atomic E-state index is 3.28. The van der Waals surface area contributed by atoms with Crippen molar-refractivity contribution in [3.63, 3.8) is 0 Å². The fourth-order valence-corrected chi connectivity index (χ4v) is 1.88. The van der Waals surface area contributed by atoms with Crippen molar-refractivity contribution in [2.24, 2.45) is 0 Å². The van der Waals surface area contributed by atoms with Crippen LogP contribution < -0.4 is 10.6 Å². The number of rotatable bonds is 0. The Morgan fingerprint density at radius 2 is 1.64 bits per heavy atom. The third-order valence-corrected chi connectivity index (χ3v) is 2.74. The van der Waals surface area contributed by atoms with E-state index in [1.807, 2.05) is 11.8 Å². The normalized spacial score (nSPS) is 24.0. The minimum atomic E-state index is 1.17. The van der Waals surface area contributed by atoms with E-state index in [0.29, 0.717) is 0 Å². The average Bonchev–Trinajstić information content (AvgIpc) is 2.64. The Morgan fingerprint density at radius 1 is 0.818 bits per heavy atom. The lowest BCUT2D eigenvalue weighted by Crippen LogP contribution is -2.21. The van der Waals surface area contributed by atoms with Crippen LogP contribution in [0.4, 0.5) is 0 Å². The van der Waals surface area contributed by atoms with Crippen molar-refractivity contribution in [3.8, 4) is 0 Å². The molecule has 2 N–H and O–H groups in total. The molecule has 66 valence electrons. The van der Waals surface area contributed by atoms with Crippen LogP contribution in [0.25, 0.3) is 0 Å². The van der Waals surface area contributed by atoms with Crippen LogP contribution in [0.5, 0.6) is 0 Å². The summed E-state index contributed by atoms with van der Waals surface area (Å²) in [6, 6.07) is 0. The Labute approximate surface area is 73.5 Å². The second kappa shape index (κ2) is 6.95. The van der Waals surface area contributed by atoms with Gasteiger partial charge in [0.05, 0.1) is 0 Å². The SMILES string of the molecule is C1CCNCC1.C1CSCN1. The van der Waals surface area contributed by atoms with Crippen LogP contribution in [0.1, 0.15) is 19.3 Å². The predicted octanol–water partition coefficient (Wildman–Crippen LogP) is 1.04. The predicted molar refractivity (Wildman–Crippen MR) is 52.0 cm³/mol. The molecule has 0 radical (unpaired) electrons. The van der Waals surface area contributed by atoms with Gasteiger partial charge < -0.3 is 10.6 Å². The minimum absolute atomic E-state index is 1.17. The molecule has 2 saturated heterocycles. The van der Waals surface area contributed by atoms with Crippen molar-refractivity contribution in [2.45, 2.75) is 19.3 Å². The van der Waals surface area contributed by atoms with Gasteiger partial charge in [-0.3, -0.25) is 0 Å². The van der Waals surface area contributed by atoms with Gasteiger partial charge in [-0.15, -0.1) is 11.8 Å². The zero-order valence-electron chi connectivity index (χ0n) is 7.07. The molecule has 0 spiro atoms. The zero-order valence-corrected chi connectivity index (χ0v) is 7.88. The Hall–Kier alpha value is 0.270. The van der Waals surface area contributed by atoms with Crippen LogP contribution >= 0.6 is 11.8 Å². The fourth-order valence-electron chi connectivity index (χ4n) is 1.16. The first kappa shape index (κ1) is 9.36. The van der Waals surface area contributed by atoms with Crippen molar-refractivity contribution in [1.29, 1.82) is 0 Å². The molecule has 3 heteroatoms. The molecule has 0 aromatic rings. The molecule has 2 aliphatic heterocycles. The summed E-state index contributed by atoms with van der Waals surface area (Å²) in [6.45, 7) is 3.71. The summed E-state index contributed by atoms with van der Waals surface area (Å²) in [7, 11) is 0. The lowest BCUT2D eigenvalue weighted by Gasteiger charge is -2.08. The van der Waals surface area contributed by atoms with Gasteiger partial charge in [-0.2, -0.15) is 0 Å². The number of nitrogens with one attached hydrogen (secondary N) is 2. The molecule has 2 heterocycles. The number of hydrogen-bond donors (Lipinski definition) is 2. The maximum absolute atomic E-state index is 3.28. The second-order valence-corrected chi connectivity index (χ2v) is 3.97. The highest BCUT2D eigenvalue weighted by Crippen LogP contribution is 1.99. The van der Waals surface area contributed by atoms with Crippen molar-refractivity contribution >= 4 is 11.8 Å². The highest BCUT2D eigenvalue weighted by Gasteiger charge is 1.94. The monoisotopic (exact) mass is 174 g/mol.